The third-order valence-electron chi connectivity index (χ3n) is 3.99. The smallest absolute Gasteiger partial charge is 0.256 e. The predicted molar refractivity (Wildman–Crippen MR) is 91.7 cm³/mol. The average Bonchev–Trinajstić information content (AvgIpc) is 2.54. The summed E-state index contributed by atoms with van der Waals surface area (Å²) in [5.74, 6) is -0.662. The lowest BCUT2D eigenvalue weighted by Gasteiger charge is -2.33. The number of halogens is 2. The molecular formula is C15H15BrFN3O3S. The van der Waals surface area contributed by atoms with Gasteiger partial charge < -0.3 is 4.90 Å². The minimum absolute atomic E-state index is 0.256. The van der Waals surface area contributed by atoms with Gasteiger partial charge in [0.05, 0.1) is 17.3 Å². The molecule has 2 aromatic rings. The molecule has 0 radical (unpaired) electrons. The maximum Gasteiger partial charge on any atom is 0.256 e. The number of rotatable bonds is 2. The molecule has 24 heavy (non-hydrogen) atoms. The molecule has 128 valence electrons. The SMILES string of the molecule is CS(=O)(=O)N1CCN(C(=O)c2cnc3ccc(F)cc3c2Br)CC1. The number of pyridine rings is 1. The van der Waals surface area contributed by atoms with E-state index in [2.05, 4.69) is 20.9 Å². The van der Waals surface area contributed by atoms with Crippen molar-refractivity contribution < 1.29 is 17.6 Å². The Kier molecular flexibility index (Phi) is 4.58. The maximum absolute atomic E-state index is 13.5. The summed E-state index contributed by atoms with van der Waals surface area (Å²) in [5, 5.41) is 0.524. The van der Waals surface area contributed by atoms with Crippen LogP contribution in [0.2, 0.25) is 0 Å². The van der Waals surface area contributed by atoms with Crippen molar-refractivity contribution in [1.82, 2.24) is 14.2 Å². The Morgan fingerprint density at radius 2 is 1.92 bits per heavy atom. The minimum Gasteiger partial charge on any atom is -0.336 e. The largest absolute Gasteiger partial charge is 0.336 e. The fourth-order valence-corrected chi connectivity index (χ4v) is 4.09. The zero-order valence-electron chi connectivity index (χ0n) is 12.9. The molecule has 1 saturated heterocycles. The molecule has 1 aliphatic heterocycles. The second kappa shape index (κ2) is 6.38. The van der Waals surface area contributed by atoms with Crippen LogP contribution in [-0.4, -0.2) is 60.9 Å². The Balaban J connectivity index is 1.86. The number of hydrogen-bond donors (Lipinski definition) is 0. The van der Waals surface area contributed by atoms with Crippen LogP contribution >= 0.6 is 15.9 Å². The molecular weight excluding hydrogens is 401 g/mol. The Hall–Kier alpha value is -1.58. The van der Waals surface area contributed by atoms with Crippen molar-refractivity contribution in [3.8, 4) is 0 Å². The second-order valence-corrected chi connectivity index (χ2v) is 8.38. The van der Waals surface area contributed by atoms with Gasteiger partial charge in [-0.25, -0.2) is 12.8 Å². The second-order valence-electron chi connectivity index (χ2n) is 5.60. The monoisotopic (exact) mass is 415 g/mol. The number of piperazine rings is 1. The molecule has 0 unspecified atom stereocenters. The number of amides is 1. The average molecular weight is 416 g/mol. The van der Waals surface area contributed by atoms with Crippen molar-refractivity contribution in [2.75, 3.05) is 32.4 Å². The molecule has 0 saturated carbocycles. The topological polar surface area (TPSA) is 70.6 Å². The molecule has 3 rings (SSSR count). The van der Waals surface area contributed by atoms with Gasteiger partial charge in [0.2, 0.25) is 10.0 Å². The molecule has 0 spiro atoms. The lowest BCUT2D eigenvalue weighted by molar-refractivity contribution is 0.0697. The number of aromatic nitrogens is 1. The van der Waals surface area contributed by atoms with Gasteiger partial charge in [-0.15, -0.1) is 0 Å². The molecule has 1 amide bonds. The molecule has 6 nitrogen and oxygen atoms in total. The van der Waals surface area contributed by atoms with E-state index < -0.39 is 15.8 Å². The molecule has 0 aliphatic carbocycles. The number of carbonyl (C=O) groups excluding carboxylic acids is 1. The van der Waals surface area contributed by atoms with Crippen LogP contribution in [-0.2, 0) is 10.0 Å². The van der Waals surface area contributed by atoms with Crippen molar-refractivity contribution in [2.24, 2.45) is 0 Å². The summed E-state index contributed by atoms with van der Waals surface area (Å²) >= 11 is 3.37. The van der Waals surface area contributed by atoms with Gasteiger partial charge in [0.25, 0.3) is 5.91 Å². The quantitative estimate of drug-likeness (QED) is 0.750. The fourth-order valence-electron chi connectivity index (χ4n) is 2.67. The van der Waals surface area contributed by atoms with E-state index in [1.165, 1.54) is 22.6 Å². The standard InChI is InChI=1S/C15H15BrFN3O3S/c1-24(22,23)20-6-4-19(5-7-20)15(21)12-9-18-13-3-2-10(17)8-11(13)14(12)16/h2-3,8-9H,4-7H2,1H3. The summed E-state index contributed by atoms with van der Waals surface area (Å²) in [7, 11) is -3.25. The van der Waals surface area contributed by atoms with Gasteiger partial charge in [0.15, 0.2) is 0 Å². The third-order valence-corrected chi connectivity index (χ3v) is 6.15. The Morgan fingerprint density at radius 3 is 2.54 bits per heavy atom. The highest BCUT2D eigenvalue weighted by molar-refractivity contribution is 9.10. The summed E-state index contributed by atoms with van der Waals surface area (Å²) in [5.41, 5.74) is 0.919. The van der Waals surface area contributed by atoms with Crippen LogP contribution in [0, 0.1) is 5.82 Å². The molecule has 1 aliphatic rings. The van der Waals surface area contributed by atoms with E-state index in [1.54, 1.807) is 11.0 Å². The van der Waals surface area contributed by atoms with Gasteiger partial charge in [-0.1, -0.05) is 0 Å². The highest BCUT2D eigenvalue weighted by Gasteiger charge is 2.28. The molecule has 1 fully saturated rings. The van der Waals surface area contributed by atoms with Gasteiger partial charge in [-0.2, -0.15) is 4.31 Å². The van der Waals surface area contributed by atoms with Crippen molar-refractivity contribution >= 4 is 42.8 Å². The normalized spacial score (nSPS) is 16.5. The minimum atomic E-state index is -3.25. The number of carbonyl (C=O) groups is 1. The van der Waals surface area contributed by atoms with Crippen molar-refractivity contribution in [2.45, 2.75) is 0 Å². The first-order valence-corrected chi connectivity index (χ1v) is 9.89. The van der Waals surface area contributed by atoms with E-state index in [9.17, 15) is 17.6 Å². The number of hydrogen-bond acceptors (Lipinski definition) is 4. The molecule has 2 heterocycles. The zero-order valence-corrected chi connectivity index (χ0v) is 15.3. The van der Waals surface area contributed by atoms with Crippen molar-refractivity contribution in [3.05, 3.63) is 40.2 Å². The maximum atomic E-state index is 13.5. The molecule has 1 aromatic carbocycles. The summed E-state index contributed by atoms with van der Waals surface area (Å²) in [6.45, 7) is 1.13. The first kappa shape index (κ1) is 17.2. The molecule has 1 aromatic heterocycles. The van der Waals surface area contributed by atoms with Crippen LogP contribution in [0.25, 0.3) is 10.9 Å². The zero-order chi connectivity index (χ0) is 17.5. The van der Waals surface area contributed by atoms with Crippen molar-refractivity contribution in [1.29, 1.82) is 0 Å². The highest BCUT2D eigenvalue weighted by Crippen LogP contribution is 2.28. The van der Waals surface area contributed by atoms with E-state index in [-0.39, 0.29) is 19.0 Å². The fraction of sp³-hybridized carbons (Fsp3) is 0.333. The van der Waals surface area contributed by atoms with Crippen LogP contribution < -0.4 is 0 Å². The van der Waals surface area contributed by atoms with Crippen LogP contribution in [0.15, 0.2) is 28.9 Å². The predicted octanol–water partition coefficient (Wildman–Crippen LogP) is 1.85. The summed E-state index contributed by atoms with van der Waals surface area (Å²) in [4.78, 5) is 18.5. The summed E-state index contributed by atoms with van der Waals surface area (Å²) in [6, 6.07) is 4.19. The Labute approximate surface area is 147 Å². The van der Waals surface area contributed by atoms with E-state index >= 15 is 0 Å². The molecule has 0 atom stereocenters. The van der Waals surface area contributed by atoms with Gasteiger partial charge in [-0.3, -0.25) is 9.78 Å². The van der Waals surface area contributed by atoms with Crippen LogP contribution in [0.3, 0.4) is 0 Å². The first-order chi connectivity index (χ1) is 11.3. The Morgan fingerprint density at radius 1 is 1.25 bits per heavy atom. The third kappa shape index (κ3) is 3.28. The first-order valence-electron chi connectivity index (χ1n) is 7.25. The van der Waals surface area contributed by atoms with E-state index in [1.807, 2.05) is 0 Å². The van der Waals surface area contributed by atoms with Gasteiger partial charge in [0.1, 0.15) is 5.82 Å². The lowest BCUT2D eigenvalue weighted by Crippen LogP contribution is -2.50. The van der Waals surface area contributed by atoms with Crippen LogP contribution in [0.1, 0.15) is 10.4 Å². The van der Waals surface area contributed by atoms with E-state index in [4.69, 9.17) is 0 Å². The molecule has 9 heteroatoms. The summed E-state index contributed by atoms with van der Waals surface area (Å²) < 4.78 is 38.4. The lowest BCUT2D eigenvalue weighted by atomic mass is 10.1. The van der Waals surface area contributed by atoms with Crippen LogP contribution in [0.5, 0.6) is 0 Å². The number of fused-ring (bicyclic) bond motifs is 1. The van der Waals surface area contributed by atoms with E-state index in [0.717, 1.165) is 6.26 Å². The molecule has 0 N–H and O–H groups in total. The van der Waals surface area contributed by atoms with E-state index in [0.29, 0.717) is 34.0 Å². The van der Waals surface area contributed by atoms with Crippen molar-refractivity contribution in [3.63, 3.8) is 0 Å². The highest BCUT2D eigenvalue weighted by atomic mass is 79.9. The molecule has 0 bridgehead atoms. The van der Waals surface area contributed by atoms with Gasteiger partial charge >= 0.3 is 0 Å². The van der Waals surface area contributed by atoms with Gasteiger partial charge in [0, 0.05) is 42.2 Å². The van der Waals surface area contributed by atoms with Gasteiger partial charge in [-0.05, 0) is 34.1 Å². The number of sulfonamides is 1. The summed E-state index contributed by atoms with van der Waals surface area (Å²) in [6.07, 6.45) is 2.61. The number of benzene rings is 1. The number of nitrogens with zero attached hydrogens (tertiary/aromatic N) is 3. The van der Waals surface area contributed by atoms with Crippen LogP contribution in [0.4, 0.5) is 4.39 Å². The Bertz CT molecular complexity index is 912.